The summed E-state index contributed by atoms with van der Waals surface area (Å²) in [6.45, 7) is 1.82. The monoisotopic (exact) mass is 176 g/mol. The molecule has 0 aliphatic rings. The van der Waals surface area contributed by atoms with Crippen molar-refractivity contribution in [2.75, 3.05) is 7.11 Å². The highest BCUT2D eigenvalue weighted by molar-refractivity contribution is 5.88. The van der Waals surface area contributed by atoms with Crippen LogP contribution in [0.3, 0.4) is 0 Å². The zero-order chi connectivity index (χ0) is 9.68. The van der Waals surface area contributed by atoms with Gasteiger partial charge in [-0.1, -0.05) is 0 Å². The van der Waals surface area contributed by atoms with Crippen LogP contribution in [0.25, 0.3) is 0 Å². The second-order valence-corrected chi connectivity index (χ2v) is 2.26. The Bertz CT molecular complexity index is 377. The van der Waals surface area contributed by atoms with E-state index in [1.807, 2.05) is 6.92 Å². The number of hydrogen-bond acceptors (Lipinski definition) is 4. The number of rotatable bonds is 0. The van der Waals surface area contributed by atoms with E-state index in [0.717, 1.165) is 5.69 Å². The molecule has 0 aliphatic carbocycles. The van der Waals surface area contributed by atoms with Crippen LogP contribution in [-0.2, 0) is 9.53 Å². The normalized spacial score (nSPS) is 8.46. The van der Waals surface area contributed by atoms with E-state index in [9.17, 15) is 4.79 Å². The van der Waals surface area contributed by atoms with Crippen molar-refractivity contribution >= 4 is 5.97 Å². The van der Waals surface area contributed by atoms with Gasteiger partial charge in [-0.2, -0.15) is 0 Å². The van der Waals surface area contributed by atoms with Gasteiger partial charge in [-0.3, -0.25) is 0 Å². The van der Waals surface area contributed by atoms with Crippen molar-refractivity contribution in [3.05, 3.63) is 23.8 Å². The number of methoxy groups -OCH3 is 1. The van der Waals surface area contributed by atoms with Crippen LogP contribution in [0.5, 0.6) is 0 Å². The maximum atomic E-state index is 10.6. The number of carbonyl (C=O) groups excluding carboxylic acids is 1. The Labute approximate surface area is 76.0 Å². The molecule has 0 unspecified atom stereocenters. The Morgan fingerprint density at radius 3 is 3.00 bits per heavy atom. The molecule has 13 heavy (non-hydrogen) atoms. The number of esters is 1. The van der Waals surface area contributed by atoms with E-state index in [2.05, 4.69) is 26.5 Å². The molecular weight excluding hydrogens is 168 g/mol. The van der Waals surface area contributed by atoms with Crippen molar-refractivity contribution < 1.29 is 9.53 Å². The summed E-state index contributed by atoms with van der Waals surface area (Å²) in [5.41, 5.74) is 0.809. The third-order valence-electron chi connectivity index (χ3n) is 1.26. The van der Waals surface area contributed by atoms with Gasteiger partial charge in [0.05, 0.1) is 7.11 Å². The van der Waals surface area contributed by atoms with E-state index in [4.69, 9.17) is 0 Å². The SMILES string of the molecule is COC(=O)C#Cc1nccc(C)n1. The van der Waals surface area contributed by atoms with Crippen molar-refractivity contribution in [1.29, 1.82) is 0 Å². The Hall–Kier alpha value is -1.89. The van der Waals surface area contributed by atoms with E-state index in [1.165, 1.54) is 7.11 Å². The minimum Gasteiger partial charge on any atom is -0.459 e. The summed E-state index contributed by atoms with van der Waals surface area (Å²) in [4.78, 5) is 18.5. The fourth-order valence-electron chi connectivity index (χ4n) is 0.667. The summed E-state index contributed by atoms with van der Waals surface area (Å²) in [5, 5.41) is 0. The Morgan fingerprint density at radius 2 is 2.38 bits per heavy atom. The average molecular weight is 176 g/mol. The first-order chi connectivity index (χ1) is 6.22. The van der Waals surface area contributed by atoms with Crippen molar-refractivity contribution in [2.45, 2.75) is 6.92 Å². The summed E-state index contributed by atoms with van der Waals surface area (Å²) < 4.78 is 4.33. The highest BCUT2D eigenvalue weighted by Gasteiger charge is 1.92. The molecule has 4 nitrogen and oxygen atoms in total. The standard InChI is InChI=1S/C9H8N2O2/c1-7-5-6-10-8(11-7)3-4-9(12)13-2/h5-6H,1-2H3. The second-order valence-electron chi connectivity index (χ2n) is 2.26. The molecule has 0 amide bonds. The van der Waals surface area contributed by atoms with Crippen LogP contribution in [0.2, 0.25) is 0 Å². The van der Waals surface area contributed by atoms with Gasteiger partial charge in [-0.25, -0.2) is 14.8 Å². The molecule has 0 saturated carbocycles. The van der Waals surface area contributed by atoms with Crippen LogP contribution < -0.4 is 0 Å². The lowest BCUT2D eigenvalue weighted by Crippen LogP contribution is -1.96. The van der Waals surface area contributed by atoms with Crippen LogP contribution in [0.4, 0.5) is 0 Å². The van der Waals surface area contributed by atoms with Gasteiger partial charge < -0.3 is 4.74 Å². The Kier molecular flexibility index (Phi) is 2.98. The molecule has 0 saturated heterocycles. The second kappa shape index (κ2) is 4.21. The lowest BCUT2D eigenvalue weighted by Gasteiger charge is -1.90. The molecule has 0 radical (unpaired) electrons. The van der Waals surface area contributed by atoms with Gasteiger partial charge in [0.2, 0.25) is 5.82 Å². The first-order valence-corrected chi connectivity index (χ1v) is 3.62. The van der Waals surface area contributed by atoms with E-state index in [1.54, 1.807) is 12.3 Å². The molecule has 4 heteroatoms. The summed E-state index contributed by atoms with van der Waals surface area (Å²) in [6, 6.07) is 1.75. The molecule has 0 atom stereocenters. The van der Waals surface area contributed by atoms with Crippen LogP contribution >= 0.6 is 0 Å². The Morgan fingerprint density at radius 1 is 1.62 bits per heavy atom. The molecule has 1 aromatic heterocycles. The van der Waals surface area contributed by atoms with Gasteiger partial charge in [0.1, 0.15) is 0 Å². The van der Waals surface area contributed by atoms with Gasteiger partial charge >= 0.3 is 5.97 Å². The predicted molar refractivity (Wildman–Crippen MR) is 45.7 cm³/mol. The quantitative estimate of drug-likeness (QED) is 0.421. The van der Waals surface area contributed by atoms with Crippen molar-refractivity contribution in [3.63, 3.8) is 0 Å². The molecule has 1 aromatic rings. The fourth-order valence-corrected chi connectivity index (χ4v) is 0.667. The first-order valence-electron chi connectivity index (χ1n) is 3.62. The number of carbonyl (C=O) groups is 1. The first kappa shape index (κ1) is 9.20. The third kappa shape index (κ3) is 2.91. The molecule has 1 rings (SSSR count). The zero-order valence-corrected chi connectivity index (χ0v) is 7.37. The molecule has 0 spiro atoms. The maximum Gasteiger partial charge on any atom is 0.384 e. The van der Waals surface area contributed by atoms with Crippen LogP contribution in [-0.4, -0.2) is 23.0 Å². The Balaban J connectivity index is 2.83. The number of aryl methyl sites for hydroxylation is 1. The summed E-state index contributed by atoms with van der Waals surface area (Å²) in [5.74, 6) is 4.46. The highest BCUT2D eigenvalue weighted by Crippen LogP contribution is 1.90. The lowest BCUT2D eigenvalue weighted by molar-refractivity contribution is -0.133. The van der Waals surface area contributed by atoms with Crippen LogP contribution in [0, 0.1) is 18.8 Å². The molecule has 0 N–H and O–H groups in total. The minimum absolute atomic E-state index is 0.324. The molecule has 0 aliphatic heterocycles. The van der Waals surface area contributed by atoms with Gasteiger partial charge in [-0.05, 0) is 18.9 Å². The topological polar surface area (TPSA) is 52.1 Å². The van der Waals surface area contributed by atoms with E-state index < -0.39 is 5.97 Å². The van der Waals surface area contributed by atoms with Gasteiger partial charge in [-0.15, -0.1) is 0 Å². The molecule has 66 valence electrons. The molecule has 0 aromatic carbocycles. The predicted octanol–water partition coefficient (Wildman–Crippen LogP) is 0.310. The maximum absolute atomic E-state index is 10.6. The van der Waals surface area contributed by atoms with E-state index in [0.29, 0.717) is 5.82 Å². The van der Waals surface area contributed by atoms with Crippen molar-refractivity contribution in [2.24, 2.45) is 0 Å². The number of hydrogen-bond donors (Lipinski definition) is 0. The lowest BCUT2D eigenvalue weighted by atomic mass is 10.4. The van der Waals surface area contributed by atoms with Gasteiger partial charge in [0.25, 0.3) is 0 Å². The molecule has 0 bridgehead atoms. The van der Waals surface area contributed by atoms with Crippen LogP contribution in [0.15, 0.2) is 12.3 Å². The van der Waals surface area contributed by atoms with E-state index in [-0.39, 0.29) is 0 Å². The largest absolute Gasteiger partial charge is 0.459 e. The molecular formula is C9H8N2O2. The fraction of sp³-hybridized carbons (Fsp3) is 0.222. The van der Waals surface area contributed by atoms with Crippen molar-refractivity contribution in [3.8, 4) is 11.8 Å². The number of ether oxygens (including phenoxy) is 1. The van der Waals surface area contributed by atoms with Crippen molar-refractivity contribution in [1.82, 2.24) is 9.97 Å². The average Bonchev–Trinajstić information content (AvgIpc) is 2.14. The smallest absolute Gasteiger partial charge is 0.384 e. The molecule has 1 heterocycles. The number of nitrogens with zero attached hydrogens (tertiary/aromatic N) is 2. The summed E-state index contributed by atoms with van der Waals surface area (Å²) in [6.07, 6.45) is 1.59. The van der Waals surface area contributed by atoms with Gasteiger partial charge in [0, 0.05) is 17.8 Å². The third-order valence-corrected chi connectivity index (χ3v) is 1.26. The number of aromatic nitrogens is 2. The minimum atomic E-state index is -0.592. The summed E-state index contributed by atoms with van der Waals surface area (Å²) >= 11 is 0. The molecule has 0 fully saturated rings. The van der Waals surface area contributed by atoms with Crippen LogP contribution in [0.1, 0.15) is 11.5 Å². The zero-order valence-electron chi connectivity index (χ0n) is 7.37. The van der Waals surface area contributed by atoms with E-state index >= 15 is 0 Å². The highest BCUT2D eigenvalue weighted by atomic mass is 16.5. The van der Waals surface area contributed by atoms with Gasteiger partial charge in [0.15, 0.2) is 0 Å². The summed E-state index contributed by atoms with van der Waals surface area (Å²) in [7, 11) is 1.27.